The van der Waals surface area contributed by atoms with E-state index in [1.807, 2.05) is 25.1 Å². The van der Waals surface area contributed by atoms with Crippen LogP contribution in [-0.4, -0.2) is 59.6 Å². The topological polar surface area (TPSA) is 108 Å². The molecule has 2 amide bonds. The summed E-state index contributed by atoms with van der Waals surface area (Å²) in [6, 6.07) is 5.11. The first-order valence-electron chi connectivity index (χ1n) is 11.7. The largest absolute Gasteiger partial charge is 0.490 e. The quantitative estimate of drug-likeness (QED) is 0.589. The molecule has 2 aliphatic heterocycles. The van der Waals surface area contributed by atoms with Crippen molar-refractivity contribution in [1.29, 1.82) is 0 Å². The maximum atomic E-state index is 13.4. The average Bonchev–Trinajstić information content (AvgIpc) is 2.77. The van der Waals surface area contributed by atoms with Crippen molar-refractivity contribution in [2.75, 3.05) is 25.5 Å². The minimum atomic E-state index is -0.987. The Morgan fingerprint density at radius 3 is 2.70 bits per heavy atom. The van der Waals surface area contributed by atoms with Crippen LogP contribution in [-0.2, 0) is 14.4 Å². The van der Waals surface area contributed by atoms with Gasteiger partial charge < -0.3 is 25.4 Å². The molecule has 0 spiro atoms. The summed E-state index contributed by atoms with van der Waals surface area (Å²) in [6.45, 7) is 5.08. The molecule has 1 saturated carbocycles. The lowest BCUT2D eigenvalue weighted by molar-refractivity contribution is -0.140. The lowest BCUT2D eigenvalue weighted by Gasteiger charge is -2.41. The van der Waals surface area contributed by atoms with Gasteiger partial charge in [-0.05, 0) is 50.0 Å². The number of nitrogens with zero attached hydrogens (tertiary/aromatic N) is 1. The van der Waals surface area contributed by atoms with E-state index in [9.17, 15) is 19.5 Å². The highest BCUT2D eigenvalue weighted by Gasteiger charge is 2.43. The van der Waals surface area contributed by atoms with Crippen molar-refractivity contribution < 1.29 is 24.2 Å². The van der Waals surface area contributed by atoms with Crippen molar-refractivity contribution in [1.82, 2.24) is 10.2 Å². The van der Waals surface area contributed by atoms with Gasteiger partial charge in [-0.2, -0.15) is 0 Å². The molecule has 178 valence electrons. The number of carbonyl (C=O) groups is 3. The third kappa shape index (κ3) is 4.56. The number of hydrogen-bond donors (Lipinski definition) is 3. The molecule has 1 fully saturated rings. The van der Waals surface area contributed by atoms with Crippen LogP contribution in [0.25, 0.3) is 0 Å². The van der Waals surface area contributed by atoms with Crippen LogP contribution in [0.3, 0.4) is 0 Å². The number of likely N-dealkylation sites (N-methyl/N-ethyl adjacent to an activating group) is 1. The van der Waals surface area contributed by atoms with Crippen molar-refractivity contribution >= 4 is 23.5 Å². The predicted octanol–water partition coefficient (Wildman–Crippen LogP) is 3.05. The summed E-state index contributed by atoms with van der Waals surface area (Å²) >= 11 is 0. The van der Waals surface area contributed by atoms with Gasteiger partial charge in [0.25, 0.3) is 11.8 Å². The van der Waals surface area contributed by atoms with Crippen LogP contribution in [0, 0.1) is 0 Å². The Kier molecular flexibility index (Phi) is 6.36. The Hall–Kier alpha value is -3.03. The Balaban J connectivity index is 1.75. The summed E-state index contributed by atoms with van der Waals surface area (Å²) < 4.78 is 5.68. The number of carbonyl (C=O) groups excluding carboxylic acids is 2. The zero-order valence-electron chi connectivity index (χ0n) is 19.6. The molecule has 8 nitrogen and oxygen atoms in total. The van der Waals surface area contributed by atoms with Crippen LogP contribution in [0.15, 0.2) is 29.3 Å². The summed E-state index contributed by atoms with van der Waals surface area (Å²) in [5.41, 5.74) is 2.09. The number of rotatable bonds is 5. The first kappa shape index (κ1) is 23.1. The number of ether oxygens (including phenoxy) is 1. The minimum Gasteiger partial charge on any atom is -0.490 e. The Bertz CT molecular complexity index is 996. The normalized spacial score (nSPS) is 24.5. The van der Waals surface area contributed by atoms with Crippen LogP contribution in [0.1, 0.15) is 63.9 Å². The highest BCUT2D eigenvalue weighted by Crippen LogP contribution is 2.41. The van der Waals surface area contributed by atoms with Gasteiger partial charge in [0.1, 0.15) is 17.9 Å². The SMILES string of the molecule is CC1=C(C(=O)NC2(C)CCCCC2)C(=O)N(C)C(CC(=O)O)C1c1ccc2c(c1)NCCO2. The number of hydrogen-bond acceptors (Lipinski definition) is 5. The maximum Gasteiger partial charge on any atom is 0.305 e. The number of carboxylic acids is 1. The molecule has 2 unspecified atom stereocenters. The standard InChI is InChI=1S/C25H33N3O5/c1-15-21(16-7-8-19-17(13-16)26-11-12-33-19)18(14-20(29)30)28(3)24(32)22(15)23(31)27-25(2)9-5-4-6-10-25/h7-8,13,18,21,26H,4-6,9-12,14H2,1-3H3,(H,27,31)(H,29,30). The minimum absolute atomic E-state index is 0.123. The number of benzene rings is 1. The van der Waals surface area contributed by atoms with E-state index in [2.05, 4.69) is 10.6 Å². The van der Waals surface area contributed by atoms with Gasteiger partial charge in [-0.1, -0.05) is 25.3 Å². The molecule has 0 radical (unpaired) electrons. The van der Waals surface area contributed by atoms with E-state index in [0.717, 1.165) is 49.1 Å². The van der Waals surface area contributed by atoms with Crippen molar-refractivity contribution in [2.45, 2.75) is 69.9 Å². The molecule has 1 aliphatic carbocycles. The number of aliphatic carboxylic acids is 1. The van der Waals surface area contributed by atoms with Crippen LogP contribution in [0.4, 0.5) is 5.69 Å². The zero-order valence-corrected chi connectivity index (χ0v) is 19.6. The number of anilines is 1. The van der Waals surface area contributed by atoms with Crippen molar-refractivity contribution in [3.63, 3.8) is 0 Å². The van der Waals surface area contributed by atoms with Gasteiger partial charge >= 0.3 is 5.97 Å². The first-order chi connectivity index (χ1) is 15.7. The molecule has 3 aliphatic rings. The van der Waals surface area contributed by atoms with Gasteiger partial charge in [0.15, 0.2) is 0 Å². The van der Waals surface area contributed by atoms with E-state index in [1.165, 1.54) is 4.90 Å². The zero-order chi connectivity index (χ0) is 23.8. The third-order valence-electron chi connectivity index (χ3n) is 7.30. The molecule has 33 heavy (non-hydrogen) atoms. The van der Waals surface area contributed by atoms with Gasteiger partial charge in [-0.15, -0.1) is 0 Å². The summed E-state index contributed by atoms with van der Waals surface area (Å²) in [4.78, 5) is 39.8. The molecule has 8 heteroatoms. The van der Waals surface area contributed by atoms with Crippen LogP contribution in [0.2, 0.25) is 0 Å². The molecule has 3 N–H and O–H groups in total. The van der Waals surface area contributed by atoms with Gasteiger partial charge in [0.05, 0.1) is 18.2 Å². The average molecular weight is 456 g/mol. The molecule has 1 aromatic carbocycles. The number of nitrogens with one attached hydrogen (secondary N) is 2. The number of fused-ring (bicyclic) bond motifs is 1. The first-order valence-corrected chi connectivity index (χ1v) is 11.7. The molecular formula is C25H33N3O5. The molecule has 2 atom stereocenters. The fraction of sp³-hybridized carbons (Fsp3) is 0.560. The Morgan fingerprint density at radius 2 is 2.00 bits per heavy atom. The predicted molar refractivity (Wildman–Crippen MR) is 124 cm³/mol. The van der Waals surface area contributed by atoms with Crippen molar-refractivity contribution in [3.8, 4) is 5.75 Å². The molecule has 0 aromatic heterocycles. The highest BCUT2D eigenvalue weighted by atomic mass is 16.5. The second-order valence-electron chi connectivity index (χ2n) is 9.72. The monoisotopic (exact) mass is 455 g/mol. The highest BCUT2D eigenvalue weighted by molar-refractivity contribution is 6.20. The lowest BCUT2D eigenvalue weighted by atomic mass is 9.77. The van der Waals surface area contributed by atoms with E-state index in [0.29, 0.717) is 18.7 Å². The molecular weight excluding hydrogens is 422 g/mol. The number of carboxylic acid groups (broad SMARTS) is 1. The van der Waals surface area contributed by atoms with Gasteiger partial charge in [-0.25, -0.2) is 0 Å². The fourth-order valence-electron chi connectivity index (χ4n) is 5.49. The molecule has 2 heterocycles. The second kappa shape index (κ2) is 9.08. The fourth-order valence-corrected chi connectivity index (χ4v) is 5.49. The van der Waals surface area contributed by atoms with Gasteiger partial charge in [-0.3, -0.25) is 14.4 Å². The molecule has 4 rings (SSSR count). The smallest absolute Gasteiger partial charge is 0.305 e. The van der Waals surface area contributed by atoms with E-state index >= 15 is 0 Å². The van der Waals surface area contributed by atoms with E-state index < -0.39 is 23.8 Å². The van der Waals surface area contributed by atoms with E-state index in [-0.39, 0.29) is 23.4 Å². The second-order valence-corrected chi connectivity index (χ2v) is 9.72. The maximum absolute atomic E-state index is 13.4. The van der Waals surface area contributed by atoms with Crippen molar-refractivity contribution in [2.24, 2.45) is 0 Å². The van der Waals surface area contributed by atoms with Crippen LogP contribution >= 0.6 is 0 Å². The lowest BCUT2D eigenvalue weighted by Crippen LogP contribution is -2.53. The summed E-state index contributed by atoms with van der Waals surface area (Å²) in [5, 5.41) is 16.0. The van der Waals surface area contributed by atoms with Gasteiger partial charge in [0, 0.05) is 25.0 Å². The van der Waals surface area contributed by atoms with Gasteiger partial charge in [0.2, 0.25) is 0 Å². The summed E-state index contributed by atoms with van der Waals surface area (Å²) in [7, 11) is 1.59. The summed E-state index contributed by atoms with van der Waals surface area (Å²) in [5.74, 6) is -1.46. The van der Waals surface area contributed by atoms with E-state index in [4.69, 9.17) is 4.74 Å². The summed E-state index contributed by atoms with van der Waals surface area (Å²) in [6.07, 6.45) is 4.82. The van der Waals surface area contributed by atoms with Crippen molar-refractivity contribution in [3.05, 3.63) is 34.9 Å². The molecule has 0 bridgehead atoms. The van der Waals surface area contributed by atoms with Crippen LogP contribution < -0.4 is 15.4 Å². The molecule has 1 aromatic rings. The Labute approximate surface area is 194 Å². The molecule has 0 saturated heterocycles. The van der Waals surface area contributed by atoms with Crippen LogP contribution in [0.5, 0.6) is 5.75 Å². The Morgan fingerprint density at radius 1 is 1.27 bits per heavy atom. The number of amides is 2. The third-order valence-corrected chi connectivity index (χ3v) is 7.30. The van der Waals surface area contributed by atoms with E-state index in [1.54, 1.807) is 14.0 Å².